The van der Waals surface area contributed by atoms with E-state index >= 15 is 0 Å². The number of aryl methyl sites for hydroxylation is 1. The first kappa shape index (κ1) is 11.4. The molecular weight excluding hydrogens is 204 g/mol. The van der Waals surface area contributed by atoms with Crippen molar-refractivity contribution in [1.82, 2.24) is 10.3 Å². The van der Waals surface area contributed by atoms with E-state index in [0.29, 0.717) is 12.6 Å². The summed E-state index contributed by atoms with van der Waals surface area (Å²) < 4.78 is 5.44. The van der Waals surface area contributed by atoms with Crippen LogP contribution in [0.4, 0.5) is 0 Å². The number of ether oxygens (including phenoxy) is 1. The van der Waals surface area contributed by atoms with Gasteiger partial charge in [-0.25, -0.2) is 0 Å². The monoisotopic (exact) mass is 222 g/mol. The fourth-order valence-corrected chi connectivity index (χ4v) is 1.54. The van der Waals surface area contributed by atoms with E-state index in [-0.39, 0.29) is 6.61 Å². The molecule has 16 heavy (non-hydrogen) atoms. The summed E-state index contributed by atoms with van der Waals surface area (Å²) in [5.74, 6) is 0.771. The number of aromatic nitrogens is 1. The highest BCUT2D eigenvalue weighted by Crippen LogP contribution is 2.21. The van der Waals surface area contributed by atoms with Crippen molar-refractivity contribution in [2.75, 3.05) is 13.2 Å². The molecule has 0 aromatic carbocycles. The summed E-state index contributed by atoms with van der Waals surface area (Å²) >= 11 is 0. The molecule has 0 spiro atoms. The molecule has 1 heterocycles. The summed E-state index contributed by atoms with van der Waals surface area (Å²) in [6.07, 6.45) is 2.53. The minimum absolute atomic E-state index is 0.0311. The number of hydrogen-bond acceptors (Lipinski definition) is 4. The lowest BCUT2D eigenvalue weighted by Gasteiger charge is -2.11. The molecule has 0 bridgehead atoms. The molecule has 4 nitrogen and oxygen atoms in total. The Morgan fingerprint density at radius 1 is 1.50 bits per heavy atom. The van der Waals surface area contributed by atoms with Crippen LogP contribution in [0.2, 0.25) is 0 Å². The normalized spacial score (nSPS) is 15.1. The minimum Gasteiger partial charge on any atom is -0.489 e. The second kappa shape index (κ2) is 5.27. The second-order valence-electron chi connectivity index (χ2n) is 4.12. The first-order valence-electron chi connectivity index (χ1n) is 5.73. The van der Waals surface area contributed by atoms with Gasteiger partial charge in [0.15, 0.2) is 0 Å². The van der Waals surface area contributed by atoms with Crippen LogP contribution in [-0.4, -0.2) is 29.3 Å². The van der Waals surface area contributed by atoms with E-state index in [1.54, 1.807) is 0 Å². The van der Waals surface area contributed by atoms with Gasteiger partial charge in [0.25, 0.3) is 0 Å². The van der Waals surface area contributed by atoms with Gasteiger partial charge in [-0.1, -0.05) is 0 Å². The number of aliphatic hydroxyl groups is 1. The zero-order valence-electron chi connectivity index (χ0n) is 9.57. The maximum Gasteiger partial charge on any atom is 0.142 e. The van der Waals surface area contributed by atoms with Gasteiger partial charge in [0.1, 0.15) is 12.4 Å². The molecule has 0 atom stereocenters. The first-order chi connectivity index (χ1) is 7.79. The van der Waals surface area contributed by atoms with E-state index < -0.39 is 0 Å². The van der Waals surface area contributed by atoms with Crippen LogP contribution < -0.4 is 10.1 Å². The summed E-state index contributed by atoms with van der Waals surface area (Å²) in [6.45, 7) is 3.06. The zero-order chi connectivity index (χ0) is 11.4. The molecule has 1 aliphatic rings. The Bertz CT molecular complexity index is 351. The van der Waals surface area contributed by atoms with E-state index in [1.165, 1.54) is 12.8 Å². The first-order valence-corrected chi connectivity index (χ1v) is 5.73. The molecule has 88 valence electrons. The van der Waals surface area contributed by atoms with Gasteiger partial charge >= 0.3 is 0 Å². The van der Waals surface area contributed by atoms with Gasteiger partial charge in [0, 0.05) is 18.3 Å². The molecule has 4 heteroatoms. The van der Waals surface area contributed by atoms with Crippen molar-refractivity contribution in [1.29, 1.82) is 0 Å². The van der Waals surface area contributed by atoms with Crippen molar-refractivity contribution in [3.8, 4) is 5.75 Å². The Morgan fingerprint density at radius 3 is 3.00 bits per heavy atom. The summed E-state index contributed by atoms with van der Waals surface area (Å²) in [5.41, 5.74) is 1.92. The van der Waals surface area contributed by atoms with Gasteiger partial charge in [-0.3, -0.25) is 4.98 Å². The number of hydrogen-bond donors (Lipinski definition) is 2. The molecule has 0 saturated heterocycles. The lowest BCUT2D eigenvalue weighted by molar-refractivity contribution is 0.199. The minimum atomic E-state index is 0.0311. The third-order valence-corrected chi connectivity index (χ3v) is 2.56. The van der Waals surface area contributed by atoms with Crippen LogP contribution in [0.15, 0.2) is 12.1 Å². The smallest absolute Gasteiger partial charge is 0.142 e. The molecule has 0 aliphatic heterocycles. The third kappa shape index (κ3) is 3.18. The molecule has 1 fully saturated rings. The Morgan fingerprint density at radius 2 is 2.31 bits per heavy atom. The van der Waals surface area contributed by atoms with E-state index in [0.717, 1.165) is 23.7 Å². The highest BCUT2D eigenvalue weighted by molar-refractivity contribution is 5.29. The fraction of sp³-hybridized carbons (Fsp3) is 0.583. The third-order valence-electron chi connectivity index (χ3n) is 2.56. The molecule has 0 unspecified atom stereocenters. The number of nitrogens with zero attached hydrogens (tertiary/aromatic N) is 1. The number of pyridine rings is 1. The van der Waals surface area contributed by atoms with Gasteiger partial charge in [0.05, 0.1) is 12.3 Å². The van der Waals surface area contributed by atoms with Gasteiger partial charge in [-0.05, 0) is 31.9 Å². The van der Waals surface area contributed by atoms with E-state index in [9.17, 15) is 0 Å². The van der Waals surface area contributed by atoms with Crippen molar-refractivity contribution < 1.29 is 9.84 Å². The fourth-order valence-electron chi connectivity index (χ4n) is 1.54. The zero-order valence-corrected chi connectivity index (χ0v) is 9.57. The Hall–Kier alpha value is -1.13. The van der Waals surface area contributed by atoms with Crippen molar-refractivity contribution in [2.45, 2.75) is 32.4 Å². The molecule has 1 aromatic rings. The Labute approximate surface area is 95.7 Å². The molecule has 1 aliphatic carbocycles. The van der Waals surface area contributed by atoms with E-state index in [4.69, 9.17) is 9.84 Å². The van der Waals surface area contributed by atoms with Crippen molar-refractivity contribution >= 4 is 0 Å². The number of aliphatic hydroxyl groups excluding tert-OH is 1. The quantitative estimate of drug-likeness (QED) is 0.754. The predicted molar refractivity (Wildman–Crippen MR) is 61.4 cm³/mol. The summed E-state index contributed by atoms with van der Waals surface area (Å²) in [4.78, 5) is 4.46. The van der Waals surface area contributed by atoms with Gasteiger partial charge in [-0.2, -0.15) is 0 Å². The predicted octanol–water partition coefficient (Wildman–Crippen LogP) is 1.01. The summed E-state index contributed by atoms with van der Waals surface area (Å²) in [5, 5.41) is 12.2. The molecule has 2 rings (SSSR count). The Balaban J connectivity index is 2.01. The highest BCUT2D eigenvalue weighted by atomic mass is 16.5. The molecular formula is C12H18N2O2. The summed E-state index contributed by atoms with van der Waals surface area (Å²) in [7, 11) is 0. The lowest BCUT2D eigenvalue weighted by Crippen LogP contribution is -2.17. The second-order valence-corrected chi connectivity index (χ2v) is 4.12. The maximum atomic E-state index is 8.74. The van der Waals surface area contributed by atoms with E-state index in [1.807, 2.05) is 19.1 Å². The maximum absolute atomic E-state index is 8.74. The number of nitrogens with one attached hydrogen (secondary N) is 1. The topological polar surface area (TPSA) is 54.4 Å². The van der Waals surface area contributed by atoms with Crippen LogP contribution in [0.1, 0.15) is 24.2 Å². The molecule has 0 radical (unpaired) electrons. The van der Waals surface area contributed by atoms with Crippen molar-refractivity contribution in [2.24, 2.45) is 0 Å². The van der Waals surface area contributed by atoms with Crippen LogP contribution in [-0.2, 0) is 6.54 Å². The largest absolute Gasteiger partial charge is 0.489 e. The SMILES string of the molecule is Cc1ccc(OCCO)c(CNC2CC2)n1. The summed E-state index contributed by atoms with van der Waals surface area (Å²) in [6, 6.07) is 4.50. The van der Waals surface area contributed by atoms with Gasteiger partial charge in [0.2, 0.25) is 0 Å². The number of rotatable bonds is 6. The Kier molecular flexibility index (Phi) is 3.74. The highest BCUT2D eigenvalue weighted by Gasteiger charge is 2.21. The molecule has 0 amide bonds. The van der Waals surface area contributed by atoms with Crippen LogP contribution in [0, 0.1) is 6.92 Å². The van der Waals surface area contributed by atoms with Gasteiger partial charge < -0.3 is 15.2 Å². The van der Waals surface area contributed by atoms with Crippen LogP contribution in [0.25, 0.3) is 0 Å². The van der Waals surface area contributed by atoms with Crippen molar-refractivity contribution in [3.63, 3.8) is 0 Å². The average molecular weight is 222 g/mol. The molecule has 2 N–H and O–H groups in total. The van der Waals surface area contributed by atoms with Gasteiger partial charge in [-0.15, -0.1) is 0 Å². The lowest BCUT2D eigenvalue weighted by atomic mass is 10.3. The van der Waals surface area contributed by atoms with Crippen LogP contribution >= 0.6 is 0 Å². The van der Waals surface area contributed by atoms with Crippen molar-refractivity contribution in [3.05, 3.63) is 23.5 Å². The molecule has 1 aromatic heterocycles. The standard InChI is InChI=1S/C12H18N2O2/c1-9-2-5-12(16-7-6-15)11(14-9)8-13-10-3-4-10/h2,5,10,13,15H,3-4,6-8H2,1H3. The average Bonchev–Trinajstić information content (AvgIpc) is 3.09. The van der Waals surface area contributed by atoms with Crippen LogP contribution in [0.5, 0.6) is 5.75 Å². The van der Waals surface area contributed by atoms with E-state index in [2.05, 4.69) is 10.3 Å². The van der Waals surface area contributed by atoms with Crippen LogP contribution in [0.3, 0.4) is 0 Å². The molecule has 1 saturated carbocycles.